The fraction of sp³-hybridized carbons (Fsp3) is 0.429. The zero-order chi connectivity index (χ0) is 23.8. The minimum absolute atomic E-state index is 0.0252. The van der Waals surface area contributed by atoms with Gasteiger partial charge in [0, 0.05) is 25.1 Å². The van der Waals surface area contributed by atoms with Crippen LogP contribution in [0.4, 0.5) is 17.6 Å². The van der Waals surface area contributed by atoms with E-state index in [1.54, 1.807) is 17.6 Å². The van der Waals surface area contributed by atoms with Crippen molar-refractivity contribution in [2.24, 2.45) is 0 Å². The molecule has 0 radical (unpaired) electrons. The van der Waals surface area contributed by atoms with Crippen LogP contribution in [-0.2, 0) is 10.9 Å². The molecule has 1 saturated carbocycles. The Morgan fingerprint density at radius 1 is 1.33 bits per heavy atom. The average Bonchev–Trinajstić information content (AvgIpc) is 3.54. The maximum Gasteiger partial charge on any atom is 0.417 e. The molecule has 8 nitrogen and oxygen atoms in total. The standard InChI is InChI=1S/C21H21F4N5O3/c1-11-17(19-28-7-13(12-2-3-12)9-30(19)29-11)20(32)26-4-5-33-10-16(31)18-15(22)6-14(8-27-18)21(23,24)25/h6-9,12,16,31H,2-5,10H2,1H3,(H,26,32)/t16-/m0/s1. The number of nitrogens with one attached hydrogen (secondary N) is 1. The highest BCUT2D eigenvalue weighted by molar-refractivity contribution is 6.00. The van der Waals surface area contributed by atoms with E-state index in [1.807, 2.05) is 6.20 Å². The summed E-state index contributed by atoms with van der Waals surface area (Å²) >= 11 is 0. The number of carbonyl (C=O) groups is 1. The van der Waals surface area contributed by atoms with Gasteiger partial charge < -0.3 is 15.2 Å². The molecule has 0 aliphatic heterocycles. The molecule has 1 atom stereocenters. The predicted octanol–water partition coefficient (Wildman–Crippen LogP) is 2.95. The van der Waals surface area contributed by atoms with E-state index in [-0.39, 0.29) is 19.2 Å². The van der Waals surface area contributed by atoms with Gasteiger partial charge >= 0.3 is 6.18 Å². The van der Waals surface area contributed by atoms with E-state index in [2.05, 4.69) is 20.4 Å². The SMILES string of the molecule is Cc1nn2cc(C3CC3)cnc2c1C(=O)NCCOC[C@H](O)c1ncc(C(F)(F)F)cc1F. The number of alkyl halides is 3. The van der Waals surface area contributed by atoms with Crippen LogP contribution >= 0.6 is 0 Å². The van der Waals surface area contributed by atoms with E-state index in [1.165, 1.54) is 0 Å². The van der Waals surface area contributed by atoms with Gasteiger partial charge in [-0.3, -0.25) is 9.78 Å². The predicted molar refractivity (Wildman–Crippen MR) is 107 cm³/mol. The number of amides is 1. The molecule has 0 saturated heterocycles. The number of aliphatic hydroxyl groups is 1. The Kier molecular flexibility index (Phi) is 6.30. The molecule has 0 unspecified atom stereocenters. The van der Waals surface area contributed by atoms with E-state index in [0.29, 0.717) is 29.0 Å². The largest absolute Gasteiger partial charge is 0.417 e. The van der Waals surface area contributed by atoms with E-state index in [0.717, 1.165) is 18.4 Å². The van der Waals surface area contributed by atoms with Crippen LogP contribution in [0.3, 0.4) is 0 Å². The molecule has 1 fully saturated rings. The molecule has 176 valence electrons. The molecule has 1 aliphatic carbocycles. The summed E-state index contributed by atoms with van der Waals surface area (Å²) in [4.78, 5) is 20.3. The Morgan fingerprint density at radius 2 is 2.09 bits per heavy atom. The number of pyridine rings is 1. The van der Waals surface area contributed by atoms with Crippen LogP contribution in [-0.4, -0.2) is 50.4 Å². The maximum absolute atomic E-state index is 13.9. The second-order valence-electron chi connectivity index (χ2n) is 7.83. The van der Waals surface area contributed by atoms with Crippen molar-refractivity contribution in [2.45, 2.75) is 38.0 Å². The number of nitrogens with zero attached hydrogens (tertiary/aromatic N) is 4. The van der Waals surface area contributed by atoms with Crippen LogP contribution in [0.15, 0.2) is 24.7 Å². The van der Waals surface area contributed by atoms with Gasteiger partial charge in [0.2, 0.25) is 0 Å². The van der Waals surface area contributed by atoms with Gasteiger partial charge in [0.15, 0.2) is 5.65 Å². The van der Waals surface area contributed by atoms with Crippen molar-refractivity contribution >= 4 is 11.6 Å². The second-order valence-corrected chi connectivity index (χ2v) is 7.83. The van der Waals surface area contributed by atoms with Crippen LogP contribution < -0.4 is 5.32 Å². The minimum atomic E-state index is -4.74. The molecule has 0 bridgehead atoms. The molecule has 33 heavy (non-hydrogen) atoms. The highest BCUT2D eigenvalue weighted by Gasteiger charge is 2.32. The first-order valence-corrected chi connectivity index (χ1v) is 10.3. The Hall–Kier alpha value is -3.12. The fourth-order valence-corrected chi connectivity index (χ4v) is 3.40. The lowest BCUT2D eigenvalue weighted by atomic mass is 10.2. The molecule has 2 N–H and O–H groups in total. The molecule has 3 heterocycles. The maximum atomic E-state index is 13.9. The number of rotatable bonds is 8. The highest BCUT2D eigenvalue weighted by Crippen LogP contribution is 2.39. The Morgan fingerprint density at radius 3 is 2.76 bits per heavy atom. The topological polar surface area (TPSA) is 102 Å². The number of ether oxygens (including phenoxy) is 1. The number of halogens is 4. The molecule has 0 aromatic carbocycles. The minimum Gasteiger partial charge on any atom is -0.384 e. The van der Waals surface area contributed by atoms with Gasteiger partial charge in [-0.15, -0.1) is 0 Å². The number of hydrogen-bond donors (Lipinski definition) is 2. The van der Waals surface area contributed by atoms with Gasteiger partial charge in [0.25, 0.3) is 5.91 Å². The zero-order valence-corrected chi connectivity index (χ0v) is 17.6. The monoisotopic (exact) mass is 467 g/mol. The average molecular weight is 467 g/mol. The van der Waals surface area contributed by atoms with E-state index in [9.17, 15) is 27.5 Å². The summed E-state index contributed by atoms with van der Waals surface area (Å²) in [5.74, 6) is -1.17. The van der Waals surface area contributed by atoms with Crippen molar-refractivity contribution in [2.75, 3.05) is 19.8 Å². The van der Waals surface area contributed by atoms with Crippen molar-refractivity contribution in [1.82, 2.24) is 24.9 Å². The van der Waals surface area contributed by atoms with E-state index in [4.69, 9.17) is 4.74 Å². The summed E-state index contributed by atoms with van der Waals surface area (Å²) in [5, 5.41) is 17.0. The molecule has 3 aromatic heterocycles. The molecule has 4 rings (SSSR count). The van der Waals surface area contributed by atoms with Crippen LogP contribution in [0.5, 0.6) is 0 Å². The van der Waals surface area contributed by atoms with Crippen LogP contribution in [0.1, 0.15) is 57.7 Å². The lowest BCUT2D eigenvalue weighted by molar-refractivity contribution is -0.138. The smallest absolute Gasteiger partial charge is 0.384 e. The molecular weight excluding hydrogens is 446 g/mol. The summed E-state index contributed by atoms with van der Waals surface area (Å²) in [6, 6.07) is 0.270. The highest BCUT2D eigenvalue weighted by atomic mass is 19.4. The Balaban J connectivity index is 1.28. The van der Waals surface area contributed by atoms with Crippen molar-refractivity contribution in [3.8, 4) is 0 Å². The third-order valence-corrected chi connectivity index (χ3v) is 5.26. The van der Waals surface area contributed by atoms with E-state index >= 15 is 0 Å². The quantitative estimate of drug-likeness (QED) is 0.390. The van der Waals surface area contributed by atoms with E-state index < -0.39 is 41.9 Å². The first kappa shape index (κ1) is 23.1. The number of carbonyl (C=O) groups excluding carboxylic acids is 1. The molecular formula is C21H21F4N5O3. The van der Waals surface area contributed by atoms with Crippen LogP contribution in [0, 0.1) is 12.7 Å². The number of aromatic nitrogens is 4. The van der Waals surface area contributed by atoms with Crippen molar-refractivity contribution < 1.29 is 32.2 Å². The third-order valence-electron chi connectivity index (χ3n) is 5.26. The number of aliphatic hydroxyl groups excluding tert-OH is 1. The number of aryl methyl sites for hydroxylation is 1. The van der Waals surface area contributed by atoms with Crippen molar-refractivity contribution in [3.05, 3.63) is 58.6 Å². The van der Waals surface area contributed by atoms with Gasteiger partial charge in [-0.2, -0.15) is 18.3 Å². The summed E-state index contributed by atoms with van der Waals surface area (Å²) in [6.07, 6.45) is 0.0260. The van der Waals surface area contributed by atoms with Gasteiger partial charge in [-0.05, 0) is 37.3 Å². The van der Waals surface area contributed by atoms with Gasteiger partial charge in [0.05, 0.1) is 24.5 Å². The van der Waals surface area contributed by atoms with Crippen LogP contribution in [0.25, 0.3) is 5.65 Å². The third kappa shape index (κ3) is 5.11. The Labute approximate surface area is 185 Å². The first-order chi connectivity index (χ1) is 15.6. The molecule has 1 aliphatic rings. The molecule has 3 aromatic rings. The number of fused-ring (bicyclic) bond motifs is 1. The summed E-state index contributed by atoms with van der Waals surface area (Å²) in [7, 11) is 0. The molecule has 0 spiro atoms. The lowest BCUT2D eigenvalue weighted by Gasteiger charge is -2.13. The first-order valence-electron chi connectivity index (χ1n) is 10.3. The lowest BCUT2D eigenvalue weighted by Crippen LogP contribution is -2.28. The fourth-order valence-electron chi connectivity index (χ4n) is 3.40. The normalized spacial score (nSPS) is 15.1. The van der Waals surface area contributed by atoms with Crippen molar-refractivity contribution in [1.29, 1.82) is 0 Å². The summed E-state index contributed by atoms with van der Waals surface area (Å²) < 4.78 is 58.4. The van der Waals surface area contributed by atoms with Gasteiger partial charge in [-0.1, -0.05) is 0 Å². The summed E-state index contributed by atoms with van der Waals surface area (Å²) in [6.45, 7) is 1.35. The zero-order valence-electron chi connectivity index (χ0n) is 17.6. The Bertz CT molecular complexity index is 1180. The molecule has 1 amide bonds. The molecule has 12 heteroatoms. The van der Waals surface area contributed by atoms with Crippen molar-refractivity contribution in [3.63, 3.8) is 0 Å². The number of hydrogen-bond acceptors (Lipinski definition) is 6. The van der Waals surface area contributed by atoms with Gasteiger partial charge in [0.1, 0.15) is 23.2 Å². The summed E-state index contributed by atoms with van der Waals surface area (Å²) in [5.41, 5.74) is 0.588. The second kappa shape index (κ2) is 9.02. The van der Waals surface area contributed by atoms with Gasteiger partial charge in [-0.25, -0.2) is 13.9 Å². The van der Waals surface area contributed by atoms with Crippen LogP contribution in [0.2, 0.25) is 0 Å².